The Labute approximate surface area is 141 Å². The summed E-state index contributed by atoms with van der Waals surface area (Å²) in [7, 11) is 0. The van der Waals surface area contributed by atoms with Crippen molar-refractivity contribution < 1.29 is 4.79 Å². The van der Waals surface area contributed by atoms with Crippen LogP contribution in [-0.4, -0.2) is 16.6 Å². The quantitative estimate of drug-likeness (QED) is 0.673. The summed E-state index contributed by atoms with van der Waals surface area (Å²) in [6.07, 6.45) is 1.69. The molecule has 0 saturated carbocycles. The van der Waals surface area contributed by atoms with Crippen molar-refractivity contribution in [1.29, 1.82) is 0 Å². The van der Waals surface area contributed by atoms with E-state index in [0.717, 1.165) is 26.0 Å². The number of thioether (sulfide) groups is 1. The predicted octanol–water partition coefficient (Wildman–Crippen LogP) is 4.73. The number of carbonyl (C=O) groups is 1. The van der Waals surface area contributed by atoms with Crippen LogP contribution in [0.2, 0.25) is 0 Å². The first-order chi connectivity index (χ1) is 10.7. The SMILES string of the molecule is O=C(CSc1ccc(Br)cc1)Nc1cnc2ccccc2c1. The van der Waals surface area contributed by atoms with Gasteiger partial charge in [-0.05, 0) is 36.4 Å². The number of aromatic nitrogens is 1. The van der Waals surface area contributed by atoms with Crippen LogP contribution in [0.1, 0.15) is 0 Å². The molecule has 0 atom stereocenters. The van der Waals surface area contributed by atoms with E-state index in [-0.39, 0.29) is 5.91 Å². The fraction of sp³-hybridized carbons (Fsp3) is 0.0588. The van der Waals surface area contributed by atoms with Gasteiger partial charge < -0.3 is 5.32 Å². The van der Waals surface area contributed by atoms with Crippen molar-refractivity contribution in [2.45, 2.75) is 4.90 Å². The molecular formula is C17H13BrN2OS. The van der Waals surface area contributed by atoms with Crippen LogP contribution in [0.3, 0.4) is 0 Å². The minimum absolute atomic E-state index is 0.0370. The normalized spacial score (nSPS) is 10.6. The Hall–Kier alpha value is -1.85. The first kappa shape index (κ1) is 15.1. The minimum atomic E-state index is -0.0370. The van der Waals surface area contributed by atoms with E-state index in [9.17, 15) is 4.79 Å². The standard InChI is InChI=1S/C17H13BrN2OS/c18-13-5-7-15(8-6-13)22-11-17(21)20-14-9-12-3-1-2-4-16(12)19-10-14/h1-10H,11H2,(H,20,21). The van der Waals surface area contributed by atoms with Crippen LogP contribution in [-0.2, 0) is 4.79 Å². The summed E-state index contributed by atoms with van der Waals surface area (Å²) in [6, 6.07) is 17.7. The zero-order valence-electron chi connectivity index (χ0n) is 11.6. The summed E-state index contributed by atoms with van der Waals surface area (Å²) < 4.78 is 1.03. The third-order valence-electron chi connectivity index (χ3n) is 3.06. The van der Waals surface area contributed by atoms with Crippen LogP contribution in [0.4, 0.5) is 5.69 Å². The number of pyridine rings is 1. The topological polar surface area (TPSA) is 42.0 Å². The molecule has 0 saturated heterocycles. The zero-order valence-corrected chi connectivity index (χ0v) is 14.0. The lowest BCUT2D eigenvalue weighted by Crippen LogP contribution is -2.14. The molecule has 1 N–H and O–H groups in total. The molecule has 0 bridgehead atoms. The minimum Gasteiger partial charge on any atom is -0.324 e. The van der Waals surface area contributed by atoms with E-state index in [1.54, 1.807) is 6.20 Å². The van der Waals surface area contributed by atoms with E-state index in [2.05, 4.69) is 26.2 Å². The maximum atomic E-state index is 12.0. The van der Waals surface area contributed by atoms with E-state index in [4.69, 9.17) is 0 Å². The predicted molar refractivity (Wildman–Crippen MR) is 95.2 cm³/mol. The highest BCUT2D eigenvalue weighted by Gasteiger charge is 2.05. The molecule has 0 radical (unpaired) electrons. The van der Waals surface area contributed by atoms with Crippen LogP contribution in [0, 0.1) is 0 Å². The monoisotopic (exact) mass is 372 g/mol. The number of nitrogens with one attached hydrogen (secondary N) is 1. The lowest BCUT2D eigenvalue weighted by atomic mass is 10.2. The molecule has 3 rings (SSSR count). The van der Waals surface area contributed by atoms with Gasteiger partial charge in [-0.2, -0.15) is 0 Å². The van der Waals surface area contributed by atoms with Gasteiger partial charge in [0, 0.05) is 14.8 Å². The Morgan fingerprint density at radius 2 is 1.91 bits per heavy atom. The molecule has 0 aliphatic heterocycles. The Morgan fingerprint density at radius 1 is 1.14 bits per heavy atom. The summed E-state index contributed by atoms with van der Waals surface area (Å²) in [4.78, 5) is 17.4. The van der Waals surface area contributed by atoms with Gasteiger partial charge in [-0.3, -0.25) is 9.78 Å². The fourth-order valence-corrected chi connectivity index (χ4v) is 2.98. The molecule has 0 aliphatic carbocycles. The van der Waals surface area contributed by atoms with Crippen LogP contribution in [0.15, 0.2) is 70.2 Å². The Balaban J connectivity index is 1.61. The Kier molecular flexibility index (Phi) is 4.75. The Bertz CT molecular complexity index is 805. The van der Waals surface area contributed by atoms with Gasteiger partial charge in [-0.15, -0.1) is 11.8 Å². The molecule has 3 aromatic rings. The molecule has 1 aromatic heterocycles. The largest absolute Gasteiger partial charge is 0.324 e. The molecule has 3 nitrogen and oxygen atoms in total. The van der Waals surface area contributed by atoms with Crippen LogP contribution in [0.5, 0.6) is 0 Å². The maximum Gasteiger partial charge on any atom is 0.234 e. The van der Waals surface area contributed by atoms with Crippen molar-refractivity contribution >= 4 is 50.2 Å². The number of nitrogens with zero attached hydrogens (tertiary/aromatic N) is 1. The van der Waals surface area contributed by atoms with E-state index >= 15 is 0 Å². The van der Waals surface area contributed by atoms with Gasteiger partial charge >= 0.3 is 0 Å². The molecule has 2 aromatic carbocycles. The van der Waals surface area contributed by atoms with Crippen molar-refractivity contribution in [2.75, 3.05) is 11.1 Å². The van der Waals surface area contributed by atoms with E-state index in [1.165, 1.54) is 11.8 Å². The second kappa shape index (κ2) is 6.94. The third kappa shape index (κ3) is 3.87. The number of hydrogen-bond acceptors (Lipinski definition) is 3. The number of amides is 1. The van der Waals surface area contributed by atoms with E-state index in [1.807, 2.05) is 54.6 Å². The van der Waals surface area contributed by atoms with Crippen molar-refractivity contribution in [1.82, 2.24) is 4.98 Å². The summed E-state index contributed by atoms with van der Waals surface area (Å²) in [5.41, 5.74) is 1.64. The van der Waals surface area contributed by atoms with Gasteiger partial charge in [0.2, 0.25) is 5.91 Å². The first-order valence-corrected chi connectivity index (χ1v) is 8.51. The number of halogens is 1. The average molecular weight is 373 g/mol. The van der Waals surface area contributed by atoms with Crippen molar-refractivity contribution in [2.24, 2.45) is 0 Å². The number of para-hydroxylation sites is 1. The second-order valence-electron chi connectivity index (χ2n) is 4.71. The lowest BCUT2D eigenvalue weighted by molar-refractivity contribution is -0.113. The molecule has 1 amide bonds. The van der Waals surface area contributed by atoms with Gasteiger partial charge in [0.05, 0.1) is 23.2 Å². The summed E-state index contributed by atoms with van der Waals surface area (Å²) >= 11 is 4.90. The van der Waals surface area contributed by atoms with Crippen molar-refractivity contribution in [3.05, 3.63) is 65.3 Å². The molecule has 0 unspecified atom stereocenters. The number of carbonyl (C=O) groups excluding carboxylic acids is 1. The zero-order chi connectivity index (χ0) is 15.4. The second-order valence-corrected chi connectivity index (χ2v) is 6.67. The number of benzene rings is 2. The summed E-state index contributed by atoms with van der Waals surface area (Å²) in [6.45, 7) is 0. The van der Waals surface area contributed by atoms with Gasteiger partial charge in [0.25, 0.3) is 0 Å². The maximum absolute atomic E-state index is 12.0. The van der Waals surface area contributed by atoms with E-state index in [0.29, 0.717) is 5.75 Å². The lowest BCUT2D eigenvalue weighted by Gasteiger charge is -2.06. The number of hydrogen-bond donors (Lipinski definition) is 1. The first-order valence-electron chi connectivity index (χ1n) is 6.74. The molecule has 5 heteroatoms. The van der Waals surface area contributed by atoms with Gasteiger partial charge in [0.1, 0.15) is 0 Å². The fourth-order valence-electron chi connectivity index (χ4n) is 2.02. The number of rotatable bonds is 4. The molecule has 110 valence electrons. The highest BCUT2D eigenvalue weighted by Crippen LogP contribution is 2.21. The van der Waals surface area contributed by atoms with Gasteiger partial charge in [-0.1, -0.05) is 34.1 Å². The molecular weight excluding hydrogens is 360 g/mol. The number of anilines is 1. The summed E-state index contributed by atoms with van der Waals surface area (Å²) in [5, 5.41) is 3.90. The van der Waals surface area contributed by atoms with Crippen LogP contribution in [0.25, 0.3) is 10.9 Å². The highest BCUT2D eigenvalue weighted by atomic mass is 79.9. The average Bonchev–Trinajstić information content (AvgIpc) is 2.54. The smallest absolute Gasteiger partial charge is 0.234 e. The number of fused-ring (bicyclic) bond motifs is 1. The van der Waals surface area contributed by atoms with Crippen LogP contribution < -0.4 is 5.32 Å². The van der Waals surface area contributed by atoms with E-state index < -0.39 is 0 Å². The summed E-state index contributed by atoms with van der Waals surface area (Å²) in [5.74, 6) is 0.332. The third-order valence-corrected chi connectivity index (χ3v) is 4.60. The highest BCUT2D eigenvalue weighted by molar-refractivity contribution is 9.10. The molecule has 1 heterocycles. The van der Waals surface area contributed by atoms with Crippen LogP contribution >= 0.6 is 27.7 Å². The van der Waals surface area contributed by atoms with Crippen molar-refractivity contribution in [3.63, 3.8) is 0 Å². The van der Waals surface area contributed by atoms with Gasteiger partial charge in [0.15, 0.2) is 0 Å². The molecule has 0 aliphatic rings. The molecule has 0 fully saturated rings. The molecule has 22 heavy (non-hydrogen) atoms. The Morgan fingerprint density at radius 3 is 2.73 bits per heavy atom. The van der Waals surface area contributed by atoms with Gasteiger partial charge in [-0.25, -0.2) is 0 Å². The van der Waals surface area contributed by atoms with Crippen molar-refractivity contribution in [3.8, 4) is 0 Å². The molecule has 0 spiro atoms.